The maximum atomic E-state index is 13.3. The maximum Gasteiger partial charge on any atom is 0.251 e. The Morgan fingerprint density at radius 3 is 2.29 bits per heavy atom. The molecule has 0 spiro atoms. The number of methoxy groups -OCH3 is 2. The second-order valence-electron chi connectivity index (χ2n) is 6.53. The van der Waals surface area contributed by atoms with E-state index < -0.39 is 0 Å². The standard InChI is InChI=1S/C21H25FN2O4/c1-26-18-11-16(12-19(13-18)27-2)21(25)23-14-20(24-7-9-28-10-8-24)15-3-5-17(22)6-4-15/h3-6,11-13,20H,7-10,14H2,1-2H3,(H,23,25)/t20-/m1/s1. The van der Waals surface area contributed by atoms with Gasteiger partial charge < -0.3 is 19.5 Å². The molecule has 1 fully saturated rings. The number of rotatable bonds is 7. The Labute approximate surface area is 164 Å². The largest absolute Gasteiger partial charge is 0.497 e. The molecule has 0 bridgehead atoms. The van der Waals surface area contributed by atoms with Crippen LogP contribution in [0.4, 0.5) is 4.39 Å². The fourth-order valence-corrected chi connectivity index (χ4v) is 3.26. The number of carbonyl (C=O) groups is 1. The Hall–Kier alpha value is -2.64. The fourth-order valence-electron chi connectivity index (χ4n) is 3.26. The van der Waals surface area contributed by atoms with Gasteiger partial charge in [-0.05, 0) is 29.8 Å². The molecule has 150 valence electrons. The number of halogens is 1. The third-order valence-electron chi connectivity index (χ3n) is 4.81. The summed E-state index contributed by atoms with van der Waals surface area (Å²) in [6.07, 6.45) is 0. The topological polar surface area (TPSA) is 60.0 Å². The highest BCUT2D eigenvalue weighted by Crippen LogP contribution is 2.24. The molecular weight excluding hydrogens is 363 g/mol. The van der Waals surface area contributed by atoms with Crippen LogP contribution in [0.15, 0.2) is 42.5 Å². The SMILES string of the molecule is COc1cc(OC)cc(C(=O)NC[C@H](c2ccc(F)cc2)N2CCOCC2)c1. The molecule has 0 saturated carbocycles. The van der Waals surface area contributed by atoms with E-state index in [4.69, 9.17) is 14.2 Å². The summed E-state index contributed by atoms with van der Waals surface area (Å²) in [5, 5.41) is 2.99. The van der Waals surface area contributed by atoms with E-state index in [0.29, 0.717) is 36.8 Å². The van der Waals surface area contributed by atoms with Gasteiger partial charge in [-0.1, -0.05) is 12.1 Å². The molecule has 3 rings (SSSR count). The number of nitrogens with one attached hydrogen (secondary N) is 1. The summed E-state index contributed by atoms with van der Waals surface area (Å²) < 4.78 is 29.2. The lowest BCUT2D eigenvalue weighted by molar-refractivity contribution is 0.0162. The van der Waals surface area contributed by atoms with Gasteiger partial charge in [0.2, 0.25) is 0 Å². The van der Waals surface area contributed by atoms with E-state index in [1.807, 2.05) is 0 Å². The van der Waals surface area contributed by atoms with Gasteiger partial charge in [0.1, 0.15) is 17.3 Å². The first kappa shape index (κ1) is 20.1. The van der Waals surface area contributed by atoms with Crippen molar-refractivity contribution in [3.63, 3.8) is 0 Å². The molecule has 0 aromatic heterocycles. The predicted octanol–water partition coefficient (Wildman–Crippen LogP) is 2.65. The molecule has 0 aliphatic carbocycles. The van der Waals surface area contributed by atoms with Gasteiger partial charge in [0.05, 0.1) is 33.5 Å². The Morgan fingerprint density at radius 1 is 1.11 bits per heavy atom. The number of morpholine rings is 1. The van der Waals surface area contributed by atoms with Gasteiger partial charge in [0.25, 0.3) is 5.91 Å². The lowest BCUT2D eigenvalue weighted by Gasteiger charge is -2.35. The van der Waals surface area contributed by atoms with Gasteiger partial charge >= 0.3 is 0 Å². The Morgan fingerprint density at radius 2 is 1.71 bits per heavy atom. The van der Waals surface area contributed by atoms with Gasteiger partial charge in [-0.2, -0.15) is 0 Å². The van der Waals surface area contributed by atoms with Gasteiger partial charge in [0, 0.05) is 31.3 Å². The molecule has 0 radical (unpaired) electrons. The van der Waals surface area contributed by atoms with Crippen molar-refractivity contribution in [2.75, 3.05) is 47.1 Å². The van der Waals surface area contributed by atoms with Crippen LogP contribution in [-0.2, 0) is 4.74 Å². The molecule has 1 aliphatic heterocycles. The van der Waals surface area contributed by atoms with E-state index >= 15 is 0 Å². The van der Waals surface area contributed by atoms with Crippen LogP contribution in [0.3, 0.4) is 0 Å². The highest BCUT2D eigenvalue weighted by atomic mass is 19.1. The molecule has 2 aromatic carbocycles. The predicted molar refractivity (Wildman–Crippen MR) is 103 cm³/mol. The van der Waals surface area contributed by atoms with Crippen molar-refractivity contribution in [2.45, 2.75) is 6.04 Å². The van der Waals surface area contributed by atoms with Crippen LogP contribution in [0, 0.1) is 5.82 Å². The molecule has 1 heterocycles. The van der Waals surface area contributed by atoms with E-state index in [9.17, 15) is 9.18 Å². The smallest absolute Gasteiger partial charge is 0.251 e. The second-order valence-corrected chi connectivity index (χ2v) is 6.53. The Kier molecular flexibility index (Phi) is 6.84. The summed E-state index contributed by atoms with van der Waals surface area (Å²) in [5.41, 5.74) is 1.41. The monoisotopic (exact) mass is 388 g/mol. The average molecular weight is 388 g/mol. The molecule has 1 aliphatic rings. The molecule has 6 nitrogen and oxygen atoms in total. The summed E-state index contributed by atoms with van der Waals surface area (Å²) in [7, 11) is 3.08. The molecule has 1 N–H and O–H groups in total. The fraction of sp³-hybridized carbons (Fsp3) is 0.381. The Balaban J connectivity index is 1.75. The number of nitrogens with zero attached hydrogens (tertiary/aromatic N) is 1. The van der Waals surface area contributed by atoms with E-state index in [1.54, 1.807) is 44.6 Å². The summed E-state index contributed by atoms with van der Waals surface area (Å²) in [4.78, 5) is 15.0. The van der Waals surface area contributed by atoms with Crippen LogP contribution < -0.4 is 14.8 Å². The van der Waals surface area contributed by atoms with Crippen molar-refractivity contribution in [3.05, 3.63) is 59.4 Å². The quantitative estimate of drug-likeness (QED) is 0.790. The lowest BCUT2D eigenvalue weighted by Crippen LogP contribution is -2.43. The summed E-state index contributed by atoms with van der Waals surface area (Å²) in [5.74, 6) is 0.593. The first-order valence-electron chi connectivity index (χ1n) is 9.19. The zero-order chi connectivity index (χ0) is 19.9. The number of ether oxygens (including phenoxy) is 3. The number of amides is 1. The average Bonchev–Trinajstić information content (AvgIpc) is 2.75. The number of carbonyl (C=O) groups excluding carboxylic acids is 1. The van der Waals surface area contributed by atoms with E-state index in [0.717, 1.165) is 18.7 Å². The molecule has 1 saturated heterocycles. The minimum absolute atomic E-state index is 0.0686. The molecule has 28 heavy (non-hydrogen) atoms. The summed E-state index contributed by atoms with van der Waals surface area (Å²) in [6, 6.07) is 11.4. The molecule has 1 atom stereocenters. The van der Waals surface area contributed by atoms with Crippen LogP contribution in [0.25, 0.3) is 0 Å². The zero-order valence-corrected chi connectivity index (χ0v) is 16.1. The third-order valence-corrected chi connectivity index (χ3v) is 4.81. The number of hydrogen-bond donors (Lipinski definition) is 1. The van der Waals surface area contributed by atoms with Gasteiger partial charge in [-0.25, -0.2) is 4.39 Å². The van der Waals surface area contributed by atoms with Crippen molar-refractivity contribution in [2.24, 2.45) is 0 Å². The maximum absolute atomic E-state index is 13.3. The molecule has 1 amide bonds. The van der Waals surface area contributed by atoms with Crippen LogP contribution in [-0.4, -0.2) is 57.9 Å². The number of benzene rings is 2. The molecule has 0 unspecified atom stereocenters. The highest BCUT2D eigenvalue weighted by Gasteiger charge is 2.23. The summed E-state index contributed by atoms with van der Waals surface area (Å²) >= 11 is 0. The molecular formula is C21H25FN2O4. The number of hydrogen-bond acceptors (Lipinski definition) is 5. The summed E-state index contributed by atoms with van der Waals surface area (Å²) in [6.45, 7) is 3.18. The van der Waals surface area contributed by atoms with Crippen LogP contribution >= 0.6 is 0 Å². The van der Waals surface area contributed by atoms with E-state index in [-0.39, 0.29) is 17.8 Å². The van der Waals surface area contributed by atoms with E-state index in [2.05, 4.69) is 10.2 Å². The van der Waals surface area contributed by atoms with Crippen molar-refractivity contribution < 1.29 is 23.4 Å². The normalized spacial score (nSPS) is 15.7. The van der Waals surface area contributed by atoms with Crippen LogP contribution in [0.1, 0.15) is 22.0 Å². The minimum Gasteiger partial charge on any atom is -0.497 e. The van der Waals surface area contributed by atoms with Crippen molar-refractivity contribution >= 4 is 5.91 Å². The molecule has 2 aromatic rings. The third kappa shape index (κ3) is 4.99. The minimum atomic E-state index is -0.281. The van der Waals surface area contributed by atoms with Crippen molar-refractivity contribution in [3.8, 4) is 11.5 Å². The second kappa shape index (κ2) is 9.52. The van der Waals surface area contributed by atoms with Crippen molar-refractivity contribution in [1.82, 2.24) is 10.2 Å². The first-order chi connectivity index (χ1) is 13.6. The van der Waals surface area contributed by atoms with Crippen LogP contribution in [0.2, 0.25) is 0 Å². The van der Waals surface area contributed by atoms with Gasteiger partial charge in [-0.15, -0.1) is 0 Å². The zero-order valence-electron chi connectivity index (χ0n) is 16.1. The highest BCUT2D eigenvalue weighted by molar-refractivity contribution is 5.95. The van der Waals surface area contributed by atoms with Crippen molar-refractivity contribution in [1.29, 1.82) is 0 Å². The first-order valence-corrected chi connectivity index (χ1v) is 9.19. The molecule has 7 heteroatoms. The van der Waals surface area contributed by atoms with Gasteiger partial charge in [0.15, 0.2) is 0 Å². The Bertz CT molecular complexity index is 769. The lowest BCUT2D eigenvalue weighted by atomic mass is 10.0. The van der Waals surface area contributed by atoms with E-state index in [1.165, 1.54) is 12.1 Å². The van der Waals surface area contributed by atoms with Crippen LogP contribution in [0.5, 0.6) is 11.5 Å². The van der Waals surface area contributed by atoms with Gasteiger partial charge in [-0.3, -0.25) is 9.69 Å².